The molecule has 0 aromatic heterocycles. The second-order valence-electron chi connectivity index (χ2n) is 5.08. The lowest BCUT2D eigenvalue weighted by Crippen LogP contribution is -2.43. The molecule has 0 saturated carbocycles. The molecule has 1 saturated heterocycles. The Hall–Kier alpha value is -0.130. The fourth-order valence-electron chi connectivity index (χ4n) is 2.67. The Morgan fingerprint density at radius 3 is 2.50 bits per heavy atom. The van der Waals surface area contributed by atoms with Crippen LogP contribution in [0.1, 0.15) is 31.7 Å². The number of hydrogen-bond donors (Lipinski definition) is 1. The Morgan fingerprint density at radius 2 is 1.89 bits per heavy atom. The van der Waals surface area contributed by atoms with Gasteiger partial charge in [0.25, 0.3) is 0 Å². The van der Waals surface area contributed by atoms with Crippen molar-refractivity contribution < 1.29 is 0 Å². The summed E-state index contributed by atoms with van der Waals surface area (Å²) in [6, 6.07) is 9.73. The van der Waals surface area contributed by atoms with Gasteiger partial charge < -0.3 is 5.32 Å². The van der Waals surface area contributed by atoms with Crippen molar-refractivity contribution in [3.63, 3.8) is 0 Å². The predicted molar refractivity (Wildman–Crippen MR) is 85.8 cm³/mol. The van der Waals surface area contributed by atoms with Crippen LogP contribution >= 0.6 is 22.6 Å². The summed E-state index contributed by atoms with van der Waals surface area (Å²) in [6.45, 7) is 6.96. The molecule has 0 radical (unpaired) electrons. The fraction of sp³-hybridized carbons (Fsp3) is 0.600. The van der Waals surface area contributed by atoms with Gasteiger partial charge in [-0.05, 0) is 79.2 Å². The van der Waals surface area contributed by atoms with E-state index >= 15 is 0 Å². The second kappa shape index (κ2) is 7.46. The minimum atomic E-state index is 0.769. The molecule has 0 amide bonds. The van der Waals surface area contributed by atoms with Crippen LogP contribution in [0.5, 0.6) is 0 Å². The molecule has 100 valence electrons. The van der Waals surface area contributed by atoms with Crippen molar-refractivity contribution in [1.82, 2.24) is 10.2 Å². The van der Waals surface area contributed by atoms with Crippen LogP contribution < -0.4 is 5.32 Å². The Balaban J connectivity index is 1.98. The molecule has 2 rings (SSSR count). The molecular formula is C15H23IN2. The van der Waals surface area contributed by atoms with Crippen LogP contribution in [0.15, 0.2) is 24.3 Å². The number of benzene rings is 1. The van der Waals surface area contributed by atoms with Crippen LogP contribution in [0.3, 0.4) is 0 Å². The summed E-state index contributed by atoms with van der Waals surface area (Å²) in [6.07, 6.45) is 3.84. The molecule has 1 fully saturated rings. The summed E-state index contributed by atoms with van der Waals surface area (Å²) in [5.41, 5.74) is 1.45. The van der Waals surface area contributed by atoms with Gasteiger partial charge in [-0.25, -0.2) is 0 Å². The highest BCUT2D eigenvalue weighted by atomic mass is 127. The van der Waals surface area contributed by atoms with Crippen LogP contribution in [0.4, 0.5) is 0 Å². The Labute approximate surface area is 124 Å². The largest absolute Gasteiger partial charge is 0.317 e. The lowest BCUT2D eigenvalue weighted by atomic mass is 10.0. The Morgan fingerprint density at radius 1 is 1.22 bits per heavy atom. The van der Waals surface area contributed by atoms with Crippen molar-refractivity contribution in [1.29, 1.82) is 0 Å². The van der Waals surface area contributed by atoms with Crippen LogP contribution in [0, 0.1) is 3.57 Å². The molecule has 0 unspecified atom stereocenters. The van der Waals surface area contributed by atoms with Crippen molar-refractivity contribution in [2.75, 3.05) is 19.6 Å². The minimum absolute atomic E-state index is 0.769. The van der Waals surface area contributed by atoms with E-state index in [1.807, 2.05) is 0 Å². The SMILES string of the molecule is CCCN(Cc1ccc(I)cc1)C1CCNCC1. The standard InChI is InChI=1S/C15H23IN2/c1-2-11-18(15-7-9-17-10-8-15)12-13-3-5-14(16)6-4-13/h3-6,15,17H,2,7-12H2,1H3. The predicted octanol–water partition coefficient (Wildman–Crippen LogP) is 3.26. The smallest absolute Gasteiger partial charge is 0.0236 e. The molecule has 0 spiro atoms. The number of nitrogens with zero attached hydrogens (tertiary/aromatic N) is 1. The normalized spacial score (nSPS) is 17.3. The number of halogens is 1. The Bertz CT molecular complexity index is 344. The van der Waals surface area contributed by atoms with Gasteiger partial charge in [0.05, 0.1) is 0 Å². The first-order chi connectivity index (χ1) is 8.79. The molecule has 0 bridgehead atoms. The third kappa shape index (κ3) is 4.21. The van der Waals surface area contributed by atoms with E-state index in [1.165, 1.54) is 48.0 Å². The highest BCUT2D eigenvalue weighted by Crippen LogP contribution is 2.17. The van der Waals surface area contributed by atoms with Crippen molar-refractivity contribution in [3.05, 3.63) is 33.4 Å². The molecule has 2 nitrogen and oxygen atoms in total. The molecule has 1 N–H and O–H groups in total. The molecule has 1 aliphatic heterocycles. The topological polar surface area (TPSA) is 15.3 Å². The molecule has 1 aromatic carbocycles. The first-order valence-corrected chi connectivity index (χ1v) is 8.06. The summed E-state index contributed by atoms with van der Waals surface area (Å²) in [7, 11) is 0. The highest BCUT2D eigenvalue weighted by molar-refractivity contribution is 14.1. The molecule has 18 heavy (non-hydrogen) atoms. The number of nitrogens with one attached hydrogen (secondary N) is 1. The van der Waals surface area contributed by atoms with E-state index in [-0.39, 0.29) is 0 Å². The van der Waals surface area contributed by atoms with Crippen LogP contribution in [-0.2, 0) is 6.54 Å². The fourth-order valence-corrected chi connectivity index (χ4v) is 3.03. The van der Waals surface area contributed by atoms with Gasteiger partial charge in [0.15, 0.2) is 0 Å². The van der Waals surface area contributed by atoms with Crippen LogP contribution in [-0.4, -0.2) is 30.6 Å². The lowest BCUT2D eigenvalue weighted by Gasteiger charge is -2.34. The van der Waals surface area contributed by atoms with Gasteiger partial charge in [-0.2, -0.15) is 0 Å². The lowest BCUT2D eigenvalue weighted by molar-refractivity contribution is 0.154. The Kier molecular flexibility index (Phi) is 5.92. The highest BCUT2D eigenvalue weighted by Gasteiger charge is 2.20. The van der Waals surface area contributed by atoms with Crippen molar-refractivity contribution in [3.8, 4) is 0 Å². The van der Waals surface area contributed by atoms with Crippen LogP contribution in [0.25, 0.3) is 0 Å². The van der Waals surface area contributed by atoms with Gasteiger partial charge in [0.1, 0.15) is 0 Å². The molecule has 0 aliphatic carbocycles. The zero-order chi connectivity index (χ0) is 12.8. The van der Waals surface area contributed by atoms with E-state index in [4.69, 9.17) is 0 Å². The first kappa shape index (κ1) is 14.3. The van der Waals surface area contributed by atoms with E-state index in [1.54, 1.807) is 0 Å². The number of piperidine rings is 1. The summed E-state index contributed by atoms with van der Waals surface area (Å²) < 4.78 is 1.32. The van der Waals surface area contributed by atoms with E-state index in [9.17, 15) is 0 Å². The zero-order valence-electron chi connectivity index (χ0n) is 11.2. The summed E-state index contributed by atoms with van der Waals surface area (Å²) in [4.78, 5) is 2.67. The monoisotopic (exact) mass is 358 g/mol. The summed E-state index contributed by atoms with van der Waals surface area (Å²) in [5.74, 6) is 0. The molecule has 3 heteroatoms. The van der Waals surface area contributed by atoms with Gasteiger partial charge >= 0.3 is 0 Å². The van der Waals surface area contributed by atoms with E-state index in [2.05, 4.69) is 64.0 Å². The maximum absolute atomic E-state index is 3.46. The minimum Gasteiger partial charge on any atom is -0.317 e. The average molecular weight is 358 g/mol. The van der Waals surface area contributed by atoms with Crippen molar-refractivity contribution >= 4 is 22.6 Å². The average Bonchev–Trinajstić information content (AvgIpc) is 2.42. The van der Waals surface area contributed by atoms with Gasteiger partial charge in [0, 0.05) is 16.2 Å². The zero-order valence-corrected chi connectivity index (χ0v) is 13.3. The molecule has 1 heterocycles. The van der Waals surface area contributed by atoms with Crippen LogP contribution in [0.2, 0.25) is 0 Å². The maximum atomic E-state index is 3.46. The quantitative estimate of drug-likeness (QED) is 0.813. The van der Waals surface area contributed by atoms with Crippen molar-refractivity contribution in [2.24, 2.45) is 0 Å². The maximum Gasteiger partial charge on any atom is 0.0236 e. The van der Waals surface area contributed by atoms with E-state index < -0.39 is 0 Å². The summed E-state index contributed by atoms with van der Waals surface area (Å²) >= 11 is 2.37. The third-order valence-corrected chi connectivity index (χ3v) is 4.35. The molecule has 1 aliphatic rings. The van der Waals surface area contributed by atoms with Gasteiger partial charge in [-0.3, -0.25) is 4.90 Å². The number of rotatable bonds is 5. The molecule has 1 aromatic rings. The number of hydrogen-bond acceptors (Lipinski definition) is 2. The van der Waals surface area contributed by atoms with E-state index in [0.29, 0.717) is 0 Å². The third-order valence-electron chi connectivity index (χ3n) is 3.63. The molecular weight excluding hydrogens is 335 g/mol. The molecule has 0 atom stereocenters. The van der Waals surface area contributed by atoms with E-state index in [0.717, 1.165) is 12.6 Å². The second-order valence-corrected chi connectivity index (χ2v) is 6.32. The first-order valence-electron chi connectivity index (χ1n) is 6.99. The van der Waals surface area contributed by atoms with Gasteiger partial charge in [-0.15, -0.1) is 0 Å². The van der Waals surface area contributed by atoms with Gasteiger partial charge in [0.2, 0.25) is 0 Å². The van der Waals surface area contributed by atoms with Gasteiger partial charge in [-0.1, -0.05) is 19.1 Å². The van der Waals surface area contributed by atoms with Crippen molar-refractivity contribution in [2.45, 2.75) is 38.8 Å². The summed E-state index contributed by atoms with van der Waals surface area (Å²) in [5, 5.41) is 3.46.